The molecule has 1 aromatic rings. The molecule has 0 aromatic heterocycles. The SMILES string of the molecule is CC(C)C1CCN(c2ccccc2CN)C1. The Hall–Kier alpha value is -1.02. The second-order valence-corrected chi connectivity index (χ2v) is 5.07. The highest BCUT2D eigenvalue weighted by Crippen LogP contribution is 2.30. The number of nitrogens with zero attached hydrogens (tertiary/aromatic N) is 1. The summed E-state index contributed by atoms with van der Waals surface area (Å²) in [7, 11) is 0. The second kappa shape index (κ2) is 4.88. The van der Waals surface area contributed by atoms with Gasteiger partial charge in [-0.2, -0.15) is 0 Å². The molecule has 1 atom stereocenters. The fourth-order valence-corrected chi connectivity index (χ4v) is 2.54. The Kier molecular flexibility index (Phi) is 3.49. The zero-order valence-electron chi connectivity index (χ0n) is 10.3. The minimum atomic E-state index is 0.638. The maximum Gasteiger partial charge on any atom is 0.0411 e. The third kappa shape index (κ3) is 2.22. The smallest absolute Gasteiger partial charge is 0.0411 e. The molecule has 1 fully saturated rings. The Morgan fingerprint density at radius 1 is 1.38 bits per heavy atom. The minimum Gasteiger partial charge on any atom is -0.371 e. The van der Waals surface area contributed by atoms with Gasteiger partial charge in [-0.05, 0) is 29.9 Å². The Morgan fingerprint density at radius 3 is 2.75 bits per heavy atom. The van der Waals surface area contributed by atoms with Gasteiger partial charge >= 0.3 is 0 Å². The van der Waals surface area contributed by atoms with Crippen molar-refractivity contribution in [1.29, 1.82) is 0 Å². The summed E-state index contributed by atoms with van der Waals surface area (Å²) in [6.45, 7) is 7.65. The topological polar surface area (TPSA) is 29.3 Å². The molecule has 1 aliphatic heterocycles. The summed E-state index contributed by atoms with van der Waals surface area (Å²) in [5, 5.41) is 0. The number of rotatable bonds is 3. The van der Waals surface area contributed by atoms with Gasteiger partial charge in [-0.25, -0.2) is 0 Å². The third-order valence-corrected chi connectivity index (χ3v) is 3.72. The van der Waals surface area contributed by atoms with Gasteiger partial charge in [-0.3, -0.25) is 0 Å². The maximum atomic E-state index is 5.79. The molecule has 2 N–H and O–H groups in total. The van der Waals surface area contributed by atoms with Crippen LogP contribution < -0.4 is 10.6 Å². The van der Waals surface area contributed by atoms with E-state index in [1.165, 1.54) is 30.8 Å². The summed E-state index contributed by atoms with van der Waals surface area (Å²) in [4.78, 5) is 2.49. The first-order chi connectivity index (χ1) is 7.72. The quantitative estimate of drug-likeness (QED) is 0.845. The summed E-state index contributed by atoms with van der Waals surface area (Å²) >= 11 is 0. The van der Waals surface area contributed by atoms with Crippen LogP contribution in [-0.2, 0) is 6.54 Å². The highest BCUT2D eigenvalue weighted by atomic mass is 15.2. The van der Waals surface area contributed by atoms with Crippen molar-refractivity contribution in [3.05, 3.63) is 29.8 Å². The Bertz CT molecular complexity index is 346. The van der Waals surface area contributed by atoms with Crippen molar-refractivity contribution in [3.63, 3.8) is 0 Å². The van der Waals surface area contributed by atoms with Crippen molar-refractivity contribution in [2.45, 2.75) is 26.8 Å². The molecule has 0 saturated carbocycles. The molecule has 2 nitrogen and oxygen atoms in total. The first-order valence-electron chi connectivity index (χ1n) is 6.25. The number of anilines is 1. The molecule has 1 aromatic carbocycles. The number of para-hydroxylation sites is 1. The molecule has 0 amide bonds. The molecule has 2 rings (SSSR count). The summed E-state index contributed by atoms with van der Waals surface area (Å²) in [6.07, 6.45) is 1.32. The maximum absolute atomic E-state index is 5.79. The van der Waals surface area contributed by atoms with Crippen LogP contribution in [0.25, 0.3) is 0 Å². The van der Waals surface area contributed by atoms with Crippen LogP contribution in [0.3, 0.4) is 0 Å². The minimum absolute atomic E-state index is 0.638. The van der Waals surface area contributed by atoms with Crippen molar-refractivity contribution in [3.8, 4) is 0 Å². The number of hydrogen-bond donors (Lipinski definition) is 1. The van der Waals surface area contributed by atoms with Crippen LogP contribution in [-0.4, -0.2) is 13.1 Å². The molecular formula is C14H22N2. The monoisotopic (exact) mass is 218 g/mol. The van der Waals surface area contributed by atoms with Gasteiger partial charge in [-0.1, -0.05) is 32.0 Å². The van der Waals surface area contributed by atoms with Gasteiger partial charge in [0.2, 0.25) is 0 Å². The van der Waals surface area contributed by atoms with E-state index in [2.05, 4.69) is 43.0 Å². The number of nitrogens with two attached hydrogens (primary N) is 1. The third-order valence-electron chi connectivity index (χ3n) is 3.72. The zero-order chi connectivity index (χ0) is 11.5. The first kappa shape index (κ1) is 11.5. The van der Waals surface area contributed by atoms with Crippen molar-refractivity contribution in [1.82, 2.24) is 0 Å². The lowest BCUT2D eigenvalue weighted by Crippen LogP contribution is -2.22. The van der Waals surface area contributed by atoms with Crippen LogP contribution in [0.15, 0.2) is 24.3 Å². The molecule has 0 spiro atoms. The van der Waals surface area contributed by atoms with Crippen LogP contribution >= 0.6 is 0 Å². The molecule has 0 bridgehead atoms. The molecule has 16 heavy (non-hydrogen) atoms. The molecule has 1 heterocycles. The van der Waals surface area contributed by atoms with Gasteiger partial charge in [0.1, 0.15) is 0 Å². The van der Waals surface area contributed by atoms with Crippen molar-refractivity contribution in [2.24, 2.45) is 17.6 Å². The van der Waals surface area contributed by atoms with Crippen molar-refractivity contribution in [2.75, 3.05) is 18.0 Å². The number of hydrogen-bond acceptors (Lipinski definition) is 2. The standard InChI is InChI=1S/C14H22N2/c1-11(2)13-7-8-16(10-13)14-6-4-3-5-12(14)9-15/h3-6,11,13H,7-10,15H2,1-2H3. The van der Waals surface area contributed by atoms with Crippen molar-refractivity contribution >= 4 is 5.69 Å². The van der Waals surface area contributed by atoms with E-state index in [-0.39, 0.29) is 0 Å². The van der Waals surface area contributed by atoms with E-state index >= 15 is 0 Å². The number of benzene rings is 1. The van der Waals surface area contributed by atoms with E-state index < -0.39 is 0 Å². The van der Waals surface area contributed by atoms with Crippen LogP contribution in [0.4, 0.5) is 5.69 Å². The lowest BCUT2D eigenvalue weighted by atomic mass is 9.95. The largest absolute Gasteiger partial charge is 0.371 e. The fourth-order valence-electron chi connectivity index (χ4n) is 2.54. The lowest BCUT2D eigenvalue weighted by Gasteiger charge is -2.22. The van der Waals surface area contributed by atoms with Gasteiger partial charge in [0, 0.05) is 25.3 Å². The predicted molar refractivity (Wildman–Crippen MR) is 69.5 cm³/mol. The molecule has 1 saturated heterocycles. The highest BCUT2D eigenvalue weighted by molar-refractivity contribution is 5.54. The molecular weight excluding hydrogens is 196 g/mol. The average molecular weight is 218 g/mol. The van der Waals surface area contributed by atoms with Crippen LogP contribution in [0.1, 0.15) is 25.8 Å². The molecule has 0 radical (unpaired) electrons. The van der Waals surface area contributed by atoms with Crippen molar-refractivity contribution < 1.29 is 0 Å². The van der Waals surface area contributed by atoms with Gasteiger partial charge in [0.05, 0.1) is 0 Å². The summed E-state index contributed by atoms with van der Waals surface area (Å²) in [6, 6.07) is 8.52. The summed E-state index contributed by atoms with van der Waals surface area (Å²) in [5.41, 5.74) is 8.40. The van der Waals surface area contributed by atoms with Crippen LogP contribution in [0.5, 0.6) is 0 Å². The molecule has 88 valence electrons. The molecule has 0 aliphatic carbocycles. The van der Waals surface area contributed by atoms with Gasteiger partial charge < -0.3 is 10.6 Å². The Morgan fingerprint density at radius 2 is 2.12 bits per heavy atom. The van der Waals surface area contributed by atoms with Gasteiger partial charge in [0.25, 0.3) is 0 Å². The lowest BCUT2D eigenvalue weighted by molar-refractivity contribution is 0.422. The van der Waals surface area contributed by atoms with E-state index in [1.807, 2.05) is 0 Å². The van der Waals surface area contributed by atoms with Gasteiger partial charge in [0.15, 0.2) is 0 Å². The Balaban J connectivity index is 2.14. The molecule has 1 unspecified atom stereocenters. The predicted octanol–water partition coefficient (Wildman–Crippen LogP) is 2.63. The van der Waals surface area contributed by atoms with Crippen LogP contribution in [0, 0.1) is 11.8 Å². The van der Waals surface area contributed by atoms with E-state index in [0.29, 0.717) is 6.54 Å². The van der Waals surface area contributed by atoms with E-state index in [0.717, 1.165) is 11.8 Å². The second-order valence-electron chi connectivity index (χ2n) is 5.07. The highest BCUT2D eigenvalue weighted by Gasteiger charge is 2.25. The fraction of sp³-hybridized carbons (Fsp3) is 0.571. The Labute approximate surface area is 98.4 Å². The molecule has 2 heteroatoms. The van der Waals surface area contributed by atoms with Gasteiger partial charge in [-0.15, -0.1) is 0 Å². The van der Waals surface area contributed by atoms with E-state index in [9.17, 15) is 0 Å². The summed E-state index contributed by atoms with van der Waals surface area (Å²) in [5.74, 6) is 1.63. The van der Waals surface area contributed by atoms with E-state index in [4.69, 9.17) is 5.73 Å². The average Bonchev–Trinajstić information content (AvgIpc) is 2.78. The summed E-state index contributed by atoms with van der Waals surface area (Å²) < 4.78 is 0. The van der Waals surface area contributed by atoms with Crippen LogP contribution in [0.2, 0.25) is 0 Å². The normalized spacial score (nSPS) is 20.8. The zero-order valence-corrected chi connectivity index (χ0v) is 10.3. The molecule has 1 aliphatic rings. The first-order valence-corrected chi connectivity index (χ1v) is 6.25. The van der Waals surface area contributed by atoms with E-state index in [1.54, 1.807) is 0 Å².